The van der Waals surface area contributed by atoms with E-state index in [4.69, 9.17) is 14.2 Å². The van der Waals surface area contributed by atoms with Crippen LogP contribution in [0.4, 0.5) is 8.78 Å². The van der Waals surface area contributed by atoms with E-state index in [2.05, 4.69) is 5.32 Å². The number of alkyl halides is 2. The Morgan fingerprint density at radius 2 is 1.90 bits per heavy atom. The molecule has 6 heteroatoms. The number of ether oxygens (including phenoxy) is 3. The standard InChI is InChI=1S/C15H23F2NO3/c1-4-7-18-13(9-21-10-15(16)17)12-6-5-11(19-2)8-14(12)20-3/h5-6,8,13,15,18H,4,7,9-10H2,1-3H3. The summed E-state index contributed by atoms with van der Waals surface area (Å²) in [5.41, 5.74) is 0.862. The molecule has 0 heterocycles. The first-order valence-corrected chi connectivity index (χ1v) is 6.93. The lowest BCUT2D eigenvalue weighted by Gasteiger charge is -2.21. The number of halogens is 2. The molecule has 0 radical (unpaired) electrons. The fraction of sp³-hybridized carbons (Fsp3) is 0.600. The summed E-state index contributed by atoms with van der Waals surface area (Å²) < 4.78 is 40.0. The molecule has 0 aromatic heterocycles. The molecule has 4 nitrogen and oxygen atoms in total. The molecule has 120 valence electrons. The highest BCUT2D eigenvalue weighted by Gasteiger charge is 2.17. The van der Waals surface area contributed by atoms with E-state index >= 15 is 0 Å². The van der Waals surface area contributed by atoms with Crippen molar-refractivity contribution in [1.29, 1.82) is 0 Å². The fourth-order valence-corrected chi connectivity index (χ4v) is 1.96. The van der Waals surface area contributed by atoms with Gasteiger partial charge in [-0.05, 0) is 25.1 Å². The normalized spacial score (nSPS) is 12.5. The van der Waals surface area contributed by atoms with Gasteiger partial charge in [0.05, 0.1) is 26.9 Å². The van der Waals surface area contributed by atoms with Gasteiger partial charge in [-0.1, -0.05) is 6.92 Å². The average molecular weight is 303 g/mol. The quantitative estimate of drug-likeness (QED) is 0.721. The monoisotopic (exact) mass is 303 g/mol. The summed E-state index contributed by atoms with van der Waals surface area (Å²) in [7, 11) is 3.14. The van der Waals surface area contributed by atoms with Crippen LogP contribution in [0.5, 0.6) is 11.5 Å². The summed E-state index contributed by atoms with van der Waals surface area (Å²) in [5, 5.41) is 3.28. The van der Waals surface area contributed by atoms with Crippen molar-refractivity contribution in [3.8, 4) is 11.5 Å². The van der Waals surface area contributed by atoms with Crippen LogP contribution in [0.2, 0.25) is 0 Å². The Hall–Kier alpha value is -1.40. The second-order valence-electron chi connectivity index (χ2n) is 4.54. The van der Waals surface area contributed by atoms with Crippen molar-refractivity contribution in [1.82, 2.24) is 5.32 Å². The molecule has 0 aliphatic rings. The molecule has 0 saturated heterocycles. The van der Waals surface area contributed by atoms with E-state index in [1.54, 1.807) is 20.3 Å². The summed E-state index contributed by atoms with van der Waals surface area (Å²) in [6.07, 6.45) is -1.53. The average Bonchev–Trinajstić information content (AvgIpc) is 2.49. The van der Waals surface area contributed by atoms with Gasteiger partial charge in [0, 0.05) is 11.6 Å². The third kappa shape index (κ3) is 5.85. The maximum atomic E-state index is 12.2. The van der Waals surface area contributed by atoms with Gasteiger partial charge in [-0.25, -0.2) is 8.78 Å². The van der Waals surface area contributed by atoms with Gasteiger partial charge in [0.1, 0.15) is 18.1 Å². The molecule has 1 atom stereocenters. The number of methoxy groups -OCH3 is 2. The van der Waals surface area contributed by atoms with Crippen molar-refractivity contribution >= 4 is 0 Å². The summed E-state index contributed by atoms with van der Waals surface area (Å²) in [4.78, 5) is 0. The first-order chi connectivity index (χ1) is 10.1. The smallest absolute Gasteiger partial charge is 0.261 e. The highest BCUT2D eigenvalue weighted by Crippen LogP contribution is 2.29. The summed E-state index contributed by atoms with van der Waals surface area (Å²) in [5.74, 6) is 1.32. The van der Waals surface area contributed by atoms with Crippen LogP contribution in [0.3, 0.4) is 0 Å². The van der Waals surface area contributed by atoms with E-state index in [0.29, 0.717) is 11.5 Å². The van der Waals surface area contributed by atoms with Crippen LogP contribution in [0.25, 0.3) is 0 Å². The Kier molecular flexibility index (Phi) is 8.00. The molecule has 0 spiro atoms. The van der Waals surface area contributed by atoms with E-state index in [-0.39, 0.29) is 12.6 Å². The number of nitrogens with one attached hydrogen (secondary N) is 1. The zero-order valence-corrected chi connectivity index (χ0v) is 12.7. The van der Waals surface area contributed by atoms with Gasteiger partial charge >= 0.3 is 0 Å². The highest BCUT2D eigenvalue weighted by atomic mass is 19.3. The minimum absolute atomic E-state index is 0.160. The van der Waals surface area contributed by atoms with Crippen molar-refractivity contribution in [2.45, 2.75) is 25.8 Å². The van der Waals surface area contributed by atoms with Crippen molar-refractivity contribution in [2.75, 3.05) is 34.0 Å². The minimum Gasteiger partial charge on any atom is -0.497 e. The Morgan fingerprint density at radius 1 is 1.14 bits per heavy atom. The summed E-state index contributed by atoms with van der Waals surface area (Å²) >= 11 is 0. The van der Waals surface area contributed by atoms with Crippen molar-refractivity contribution in [3.05, 3.63) is 23.8 Å². The lowest BCUT2D eigenvalue weighted by atomic mass is 10.1. The molecular formula is C15H23F2NO3. The van der Waals surface area contributed by atoms with E-state index in [1.165, 1.54) is 0 Å². The van der Waals surface area contributed by atoms with E-state index in [1.807, 2.05) is 19.1 Å². The number of rotatable bonds is 10. The van der Waals surface area contributed by atoms with Crippen LogP contribution in [0, 0.1) is 0 Å². The zero-order valence-electron chi connectivity index (χ0n) is 12.7. The molecule has 1 unspecified atom stereocenters. The third-order valence-electron chi connectivity index (χ3n) is 2.99. The largest absolute Gasteiger partial charge is 0.497 e. The zero-order chi connectivity index (χ0) is 15.7. The maximum Gasteiger partial charge on any atom is 0.261 e. The van der Waals surface area contributed by atoms with Crippen LogP contribution in [0.1, 0.15) is 24.9 Å². The van der Waals surface area contributed by atoms with Gasteiger partial charge in [-0.2, -0.15) is 0 Å². The second-order valence-corrected chi connectivity index (χ2v) is 4.54. The SMILES string of the molecule is CCCNC(COCC(F)F)c1ccc(OC)cc1OC. The van der Waals surface area contributed by atoms with Crippen LogP contribution in [0.15, 0.2) is 18.2 Å². The minimum atomic E-state index is -2.46. The van der Waals surface area contributed by atoms with Crippen molar-refractivity contribution < 1.29 is 23.0 Å². The number of hydrogen-bond acceptors (Lipinski definition) is 4. The van der Waals surface area contributed by atoms with Gasteiger partial charge in [0.25, 0.3) is 6.43 Å². The predicted octanol–water partition coefficient (Wildman–Crippen LogP) is 3.03. The van der Waals surface area contributed by atoms with Crippen molar-refractivity contribution in [2.24, 2.45) is 0 Å². The lowest BCUT2D eigenvalue weighted by molar-refractivity contribution is 0.00902. The fourth-order valence-electron chi connectivity index (χ4n) is 1.96. The molecule has 1 rings (SSSR count). The molecule has 1 N–H and O–H groups in total. The number of hydrogen-bond donors (Lipinski definition) is 1. The summed E-state index contributed by atoms with van der Waals surface area (Å²) in [6, 6.07) is 5.23. The maximum absolute atomic E-state index is 12.2. The molecule has 0 aliphatic carbocycles. The van der Waals surface area contributed by atoms with Gasteiger partial charge in [-0.15, -0.1) is 0 Å². The Balaban J connectivity index is 2.85. The molecule has 0 saturated carbocycles. The van der Waals surface area contributed by atoms with E-state index in [9.17, 15) is 8.78 Å². The molecule has 21 heavy (non-hydrogen) atoms. The Labute approximate surface area is 124 Å². The molecule has 1 aromatic rings. The molecule has 0 aliphatic heterocycles. The van der Waals surface area contributed by atoms with Gasteiger partial charge < -0.3 is 19.5 Å². The highest BCUT2D eigenvalue weighted by molar-refractivity contribution is 5.42. The number of benzene rings is 1. The Bertz CT molecular complexity index is 416. The third-order valence-corrected chi connectivity index (χ3v) is 2.99. The van der Waals surface area contributed by atoms with Gasteiger partial charge in [0.2, 0.25) is 0 Å². The molecule has 0 amide bonds. The lowest BCUT2D eigenvalue weighted by Crippen LogP contribution is -2.27. The van der Waals surface area contributed by atoms with E-state index in [0.717, 1.165) is 18.5 Å². The predicted molar refractivity (Wildman–Crippen MR) is 77.4 cm³/mol. The Morgan fingerprint density at radius 3 is 2.48 bits per heavy atom. The molecular weight excluding hydrogens is 280 g/mol. The van der Waals surface area contributed by atoms with Crippen molar-refractivity contribution in [3.63, 3.8) is 0 Å². The van der Waals surface area contributed by atoms with E-state index < -0.39 is 13.0 Å². The van der Waals surface area contributed by atoms with Gasteiger partial charge in [-0.3, -0.25) is 0 Å². The molecule has 0 fully saturated rings. The molecule has 1 aromatic carbocycles. The topological polar surface area (TPSA) is 39.7 Å². The first kappa shape index (κ1) is 17.7. The van der Waals surface area contributed by atoms with Crippen LogP contribution < -0.4 is 14.8 Å². The summed E-state index contributed by atoms with van der Waals surface area (Å²) in [6.45, 7) is 2.39. The molecule has 0 bridgehead atoms. The van der Waals surface area contributed by atoms with Crippen LogP contribution >= 0.6 is 0 Å². The van der Waals surface area contributed by atoms with Gasteiger partial charge in [0.15, 0.2) is 0 Å². The second kappa shape index (κ2) is 9.52. The van der Waals surface area contributed by atoms with Crippen LogP contribution in [-0.4, -0.2) is 40.4 Å². The first-order valence-electron chi connectivity index (χ1n) is 6.93. The van der Waals surface area contributed by atoms with Crippen LogP contribution in [-0.2, 0) is 4.74 Å².